The second-order valence-electron chi connectivity index (χ2n) is 7.01. The highest BCUT2D eigenvalue weighted by Crippen LogP contribution is 2.38. The van der Waals surface area contributed by atoms with Crippen molar-refractivity contribution in [2.24, 2.45) is 0 Å². The summed E-state index contributed by atoms with van der Waals surface area (Å²) in [4.78, 5) is 46.4. The second kappa shape index (κ2) is 8.81. The van der Waals surface area contributed by atoms with Gasteiger partial charge in [-0.15, -0.1) is 0 Å². The van der Waals surface area contributed by atoms with Crippen LogP contribution in [0, 0.1) is 0 Å². The van der Waals surface area contributed by atoms with Crippen molar-refractivity contribution in [3.05, 3.63) is 58.7 Å². The molecule has 0 radical (unpaired) electrons. The van der Waals surface area contributed by atoms with Crippen molar-refractivity contribution in [2.45, 2.75) is 13.2 Å². The van der Waals surface area contributed by atoms with Crippen LogP contribution in [0.1, 0.15) is 29.1 Å². The molecule has 1 unspecified atom stereocenters. The van der Waals surface area contributed by atoms with Crippen LogP contribution in [0.4, 0.5) is 15.4 Å². The molecule has 0 bridgehead atoms. The fourth-order valence-electron chi connectivity index (χ4n) is 3.59. The number of anilines is 1. The zero-order valence-corrected chi connectivity index (χ0v) is 17.6. The Morgan fingerprint density at radius 1 is 1.06 bits per heavy atom. The van der Waals surface area contributed by atoms with Crippen molar-refractivity contribution in [3.63, 3.8) is 0 Å². The molecule has 1 aromatic carbocycles. The molecule has 1 aromatic heterocycles. The summed E-state index contributed by atoms with van der Waals surface area (Å²) in [6.45, 7) is 3.34. The van der Waals surface area contributed by atoms with E-state index in [0.717, 1.165) is 0 Å². The quantitative estimate of drug-likeness (QED) is 0.721. The van der Waals surface area contributed by atoms with Crippen molar-refractivity contribution in [3.8, 4) is 0 Å². The molecule has 0 aliphatic carbocycles. The minimum Gasteiger partial charge on any atom is -0.450 e. The summed E-state index contributed by atoms with van der Waals surface area (Å²) < 4.78 is 10.8. The van der Waals surface area contributed by atoms with Crippen LogP contribution in [0.15, 0.2) is 42.6 Å². The normalized spacial score (nSPS) is 18.1. The lowest BCUT2D eigenvalue weighted by Crippen LogP contribution is -2.51. The largest absolute Gasteiger partial charge is 0.450 e. The summed E-state index contributed by atoms with van der Waals surface area (Å²) >= 11 is 5.93. The number of nitrogens with zero attached hydrogens (tertiary/aromatic N) is 4. The zero-order valence-electron chi connectivity index (χ0n) is 16.9. The molecule has 9 nitrogen and oxygen atoms in total. The highest BCUT2D eigenvalue weighted by Gasteiger charge is 2.41. The van der Waals surface area contributed by atoms with E-state index in [2.05, 4.69) is 4.98 Å². The van der Waals surface area contributed by atoms with E-state index in [0.29, 0.717) is 54.8 Å². The predicted molar refractivity (Wildman–Crippen MR) is 112 cm³/mol. The van der Waals surface area contributed by atoms with Gasteiger partial charge in [0, 0.05) is 43.5 Å². The van der Waals surface area contributed by atoms with Gasteiger partial charge in [0.25, 0.3) is 5.91 Å². The van der Waals surface area contributed by atoms with Crippen LogP contribution >= 0.6 is 11.6 Å². The van der Waals surface area contributed by atoms with Gasteiger partial charge >= 0.3 is 12.2 Å². The number of pyridine rings is 1. The van der Waals surface area contributed by atoms with Gasteiger partial charge in [0.15, 0.2) is 0 Å². The third kappa shape index (κ3) is 4.13. The molecule has 0 spiro atoms. The van der Waals surface area contributed by atoms with E-state index >= 15 is 0 Å². The molecule has 10 heteroatoms. The van der Waals surface area contributed by atoms with Crippen LogP contribution in [0.3, 0.4) is 0 Å². The number of carbonyl (C=O) groups is 3. The van der Waals surface area contributed by atoms with E-state index in [1.165, 1.54) is 16.0 Å². The maximum atomic E-state index is 13.0. The molecule has 2 aliphatic heterocycles. The van der Waals surface area contributed by atoms with Gasteiger partial charge in [0.1, 0.15) is 5.82 Å². The number of ether oxygens (including phenoxy) is 2. The zero-order chi connectivity index (χ0) is 22.0. The SMILES string of the molecule is CCOC(=O)N1CCN(C(=O)OC2c3ccccc3C(=O)N2c2ccc(Cl)cn2)CC1. The number of carbonyl (C=O) groups excluding carboxylic acids is 3. The molecular formula is C21H21ClN4O5. The Hall–Kier alpha value is -3.33. The van der Waals surface area contributed by atoms with Gasteiger partial charge < -0.3 is 19.3 Å². The van der Waals surface area contributed by atoms with Crippen molar-refractivity contribution >= 4 is 35.5 Å². The molecule has 3 amide bonds. The number of hydrogen-bond donors (Lipinski definition) is 0. The summed E-state index contributed by atoms with van der Waals surface area (Å²) in [5.41, 5.74) is 1.03. The number of piperazine rings is 1. The van der Waals surface area contributed by atoms with Crippen molar-refractivity contribution in [2.75, 3.05) is 37.7 Å². The first-order valence-electron chi connectivity index (χ1n) is 9.91. The summed E-state index contributed by atoms with van der Waals surface area (Å²) in [5.74, 6) is 0.0193. The molecule has 4 rings (SSSR count). The minimum absolute atomic E-state index is 0.296. The van der Waals surface area contributed by atoms with Crippen LogP contribution in [-0.2, 0) is 9.47 Å². The third-order valence-corrected chi connectivity index (χ3v) is 5.37. The lowest BCUT2D eigenvalue weighted by molar-refractivity contribution is 0.0412. The Morgan fingerprint density at radius 3 is 2.39 bits per heavy atom. The van der Waals surface area contributed by atoms with Gasteiger partial charge in [-0.25, -0.2) is 14.6 Å². The molecule has 0 saturated carbocycles. The van der Waals surface area contributed by atoms with Gasteiger partial charge in [0.2, 0.25) is 6.23 Å². The standard InChI is InChI=1S/C21H21ClN4O5/c1-2-30-20(28)24-9-11-25(12-10-24)21(29)31-19-16-6-4-3-5-15(16)18(27)26(19)17-8-7-14(22)13-23-17/h3-8,13,19H,2,9-12H2,1H3. The number of hydrogen-bond acceptors (Lipinski definition) is 6. The first kappa shape index (κ1) is 20.9. The van der Waals surface area contributed by atoms with E-state index in [4.69, 9.17) is 21.1 Å². The maximum absolute atomic E-state index is 13.0. The maximum Gasteiger partial charge on any atom is 0.412 e. The Morgan fingerprint density at radius 2 is 1.74 bits per heavy atom. The van der Waals surface area contributed by atoms with Gasteiger partial charge in [-0.1, -0.05) is 29.8 Å². The van der Waals surface area contributed by atoms with Crippen LogP contribution in [0.5, 0.6) is 0 Å². The fraction of sp³-hybridized carbons (Fsp3) is 0.333. The second-order valence-corrected chi connectivity index (χ2v) is 7.44. The minimum atomic E-state index is -0.951. The highest BCUT2D eigenvalue weighted by atomic mass is 35.5. The van der Waals surface area contributed by atoms with Crippen LogP contribution in [0.25, 0.3) is 0 Å². The molecule has 1 fully saturated rings. The van der Waals surface area contributed by atoms with E-state index < -0.39 is 18.4 Å². The number of aromatic nitrogens is 1. The van der Waals surface area contributed by atoms with Crippen molar-refractivity contribution < 1.29 is 23.9 Å². The molecule has 31 heavy (non-hydrogen) atoms. The molecule has 2 aliphatic rings. The molecule has 3 heterocycles. The van der Waals surface area contributed by atoms with Crippen molar-refractivity contribution in [1.82, 2.24) is 14.8 Å². The van der Waals surface area contributed by atoms with Gasteiger partial charge in [-0.3, -0.25) is 9.69 Å². The molecule has 162 valence electrons. The number of halogens is 1. The van der Waals surface area contributed by atoms with Gasteiger partial charge in [0.05, 0.1) is 11.6 Å². The third-order valence-electron chi connectivity index (χ3n) is 5.15. The van der Waals surface area contributed by atoms with Crippen LogP contribution < -0.4 is 4.90 Å². The topological polar surface area (TPSA) is 92.3 Å². The molecule has 0 N–H and O–H groups in total. The molecule has 1 atom stereocenters. The number of amides is 3. The number of rotatable bonds is 3. The predicted octanol–water partition coefficient (Wildman–Crippen LogP) is 3.30. The Balaban J connectivity index is 1.51. The Bertz CT molecular complexity index is 992. The number of benzene rings is 1. The average molecular weight is 445 g/mol. The molecule has 2 aromatic rings. The van der Waals surface area contributed by atoms with E-state index in [-0.39, 0.29) is 5.91 Å². The smallest absolute Gasteiger partial charge is 0.412 e. The first-order chi connectivity index (χ1) is 15.0. The number of fused-ring (bicyclic) bond motifs is 1. The summed E-state index contributed by atoms with van der Waals surface area (Å²) in [7, 11) is 0. The molecular weight excluding hydrogens is 424 g/mol. The summed E-state index contributed by atoms with van der Waals surface area (Å²) in [5, 5.41) is 0.431. The summed E-state index contributed by atoms with van der Waals surface area (Å²) in [6, 6.07) is 10.2. The first-order valence-corrected chi connectivity index (χ1v) is 10.3. The van der Waals surface area contributed by atoms with Gasteiger partial charge in [-0.05, 0) is 25.1 Å². The van der Waals surface area contributed by atoms with Crippen molar-refractivity contribution in [1.29, 1.82) is 0 Å². The van der Waals surface area contributed by atoms with Crippen LogP contribution in [0.2, 0.25) is 5.02 Å². The monoisotopic (exact) mass is 444 g/mol. The van der Waals surface area contributed by atoms with Gasteiger partial charge in [-0.2, -0.15) is 0 Å². The highest BCUT2D eigenvalue weighted by molar-refractivity contribution is 6.30. The lowest BCUT2D eigenvalue weighted by atomic mass is 10.1. The molecule has 1 saturated heterocycles. The Labute approximate surface area is 184 Å². The average Bonchev–Trinajstić information content (AvgIpc) is 3.06. The summed E-state index contributed by atoms with van der Waals surface area (Å²) in [6.07, 6.45) is -0.489. The van der Waals surface area contributed by atoms with E-state index in [1.54, 1.807) is 48.2 Å². The fourth-order valence-corrected chi connectivity index (χ4v) is 3.70. The lowest BCUT2D eigenvalue weighted by Gasteiger charge is -2.34. The van der Waals surface area contributed by atoms with E-state index in [9.17, 15) is 14.4 Å². The van der Waals surface area contributed by atoms with Crippen LogP contribution in [-0.4, -0.2) is 65.7 Å². The Kier molecular flexibility index (Phi) is 5.94. The van der Waals surface area contributed by atoms with E-state index in [1.807, 2.05) is 0 Å².